The first-order chi connectivity index (χ1) is 8.45. The lowest BCUT2D eigenvalue weighted by Gasteiger charge is -2.17. The van der Waals surface area contributed by atoms with Gasteiger partial charge in [-0.15, -0.1) is 0 Å². The second-order valence-corrected chi connectivity index (χ2v) is 5.77. The van der Waals surface area contributed by atoms with Gasteiger partial charge in [-0.2, -0.15) is 5.10 Å². The van der Waals surface area contributed by atoms with E-state index in [-0.39, 0.29) is 0 Å². The molecule has 0 bridgehead atoms. The van der Waals surface area contributed by atoms with Crippen LogP contribution in [0.4, 0.5) is 0 Å². The van der Waals surface area contributed by atoms with Crippen LogP contribution in [-0.4, -0.2) is 19.3 Å². The number of nitrogens with one attached hydrogen (secondary N) is 1. The summed E-state index contributed by atoms with van der Waals surface area (Å²) >= 11 is 5.47. The van der Waals surface area contributed by atoms with Crippen LogP contribution in [0.3, 0.4) is 0 Å². The molecule has 5 heteroatoms. The minimum absolute atomic E-state index is 0.396. The zero-order valence-corrected chi connectivity index (χ0v) is 12.6. The third-order valence-electron chi connectivity index (χ3n) is 3.33. The fourth-order valence-electron chi connectivity index (χ4n) is 2.64. The van der Waals surface area contributed by atoms with E-state index in [4.69, 9.17) is 12.2 Å². The molecular weight excluding hydrogens is 244 g/mol. The lowest BCUT2D eigenvalue weighted by Crippen LogP contribution is -2.11. The molecule has 0 spiro atoms. The molecule has 4 nitrogen and oxygen atoms in total. The number of fused-ring (bicyclic) bond motifs is 1. The first kappa shape index (κ1) is 13.3. The molecule has 1 N–H and O–H groups in total. The summed E-state index contributed by atoms with van der Waals surface area (Å²) in [6.45, 7) is 11.7. The van der Waals surface area contributed by atoms with Gasteiger partial charge < -0.3 is 4.98 Å². The summed E-state index contributed by atoms with van der Waals surface area (Å²) in [6, 6.07) is 0.396. The average Bonchev–Trinajstić information content (AvgIpc) is 2.75. The highest BCUT2D eigenvalue weighted by Crippen LogP contribution is 2.25. The minimum atomic E-state index is 0.396. The van der Waals surface area contributed by atoms with Gasteiger partial charge in [0.25, 0.3) is 0 Å². The molecule has 2 heterocycles. The van der Waals surface area contributed by atoms with E-state index >= 15 is 0 Å². The van der Waals surface area contributed by atoms with E-state index in [1.54, 1.807) is 0 Å². The summed E-state index contributed by atoms with van der Waals surface area (Å²) in [6.07, 6.45) is 1.12. The minimum Gasteiger partial charge on any atom is -0.328 e. The second kappa shape index (κ2) is 4.88. The van der Waals surface area contributed by atoms with Crippen LogP contribution in [0.1, 0.15) is 45.9 Å². The first-order valence-electron chi connectivity index (χ1n) is 6.63. The smallest absolute Gasteiger partial charge is 0.179 e. The number of rotatable bonds is 4. The van der Waals surface area contributed by atoms with Gasteiger partial charge in [0.2, 0.25) is 0 Å². The Morgan fingerprint density at radius 1 is 1.33 bits per heavy atom. The molecule has 0 aliphatic heterocycles. The fourth-order valence-corrected chi connectivity index (χ4v) is 3.01. The quantitative estimate of drug-likeness (QED) is 0.854. The summed E-state index contributed by atoms with van der Waals surface area (Å²) < 4.78 is 5.06. The SMILES string of the molecule is CCn1nc(C)c2[nH]c(=S)n(C(C)CC(C)C)c21. The molecular formula is C13H22N4S. The summed E-state index contributed by atoms with van der Waals surface area (Å²) in [4.78, 5) is 3.30. The lowest BCUT2D eigenvalue weighted by molar-refractivity contribution is 0.426. The van der Waals surface area contributed by atoms with Crippen molar-refractivity contribution in [2.45, 2.75) is 53.6 Å². The molecule has 0 amide bonds. The summed E-state index contributed by atoms with van der Waals surface area (Å²) in [5.74, 6) is 0.658. The van der Waals surface area contributed by atoms with Gasteiger partial charge in [-0.05, 0) is 45.3 Å². The average molecular weight is 266 g/mol. The zero-order chi connectivity index (χ0) is 13.4. The molecule has 2 aromatic rings. The molecule has 0 saturated heterocycles. The molecule has 0 aliphatic carbocycles. The van der Waals surface area contributed by atoms with Gasteiger partial charge in [-0.3, -0.25) is 4.57 Å². The van der Waals surface area contributed by atoms with E-state index < -0.39 is 0 Å². The Balaban J connectivity index is 2.62. The largest absolute Gasteiger partial charge is 0.328 e. The maximum absolute atomic E-state index is 5.47. The van der Waals surface area contributed by atoms with Crippen molar-refractivity contribution in [1.29, 1.82) is 0 Å². The lowest BCUT2D eigenvalue weighted by atomic mass is 10.1. The summed E-state index contributed by atoms with van der Waals surface area (Å²) in [5, 5.41) is 4.55. The Morgan fingerprint density at radius 2 is 2.00 bits per heavy atom. The Morgan fingerprint density at radius 3 is 2.56 bits per heavy atom. The predicted molar refractivity (Wildman–Crippen MR) is 77.5 cm³/mol. The zero-order valence-electron chi connectivity index (χ0n) is 11.8. The summed E-state index contributed by atoms with van der Waals surface area (Å²) in [5.41, 5.74) is 3.24. The standard InChI is InChI=1S/C13H22N4S/c1-6-16-12-11(10(5)15-16)14-13(18)17(12)9(4)7-8(2)3/h8-9H,6-7H2,1-5H3,(H,14,18). The second-order valence-electron chi connectivity index (χ2n) is 5.38. The Kier molecular flexibility index (Phi) is 3.61. The van der Waals surface area contributed by atoms with Crippen LogP contribution in [0, 0.1) is 17.6 Å². The number of hydrogen-bond donors (Lipinski definition) is 1. The van der Waals surface area contributed by atoms with E-state index in [0.717, 1.165) is 34.6 Å². The van der Waals surface area contributed by atoms with Crippen LogP contribution in [0.2, 0.25) is 0 Å². The molecule has 0 aromatic carbocycles. The van der Waals surface area contributed by atoms with Crippen LogP contribution in [0.15, 0.2) is 0 Å². The monoisotopic (exact) mass is 266 g/mol. The van der Waals surface area contributed by atoms with Crippen molar-refractivity contribution >= 4 is 23.4 Å². The van der Waals surface area contributed by atoms with Crippen molar-refractivity contribution in [3.8, 4) is 0 Å². The van der Waals surface area contributed by atoms with E-state index in [1.807, 2.05) is 11.6 Å². The van der Waals surface area contributed by atoms with Gasteiger partial charge in [-0.25, -0.2) is 4.68 Å². The Bertz CT molecular complexity index is 602. The van der Waals surface area contributed by atoms with Crippen molar-refractivity contribution in [3.05, 3.63) is 10.5 Å². The molecule has 0 radical (unpaired) electrons. The number of imidazole rings is 1. The van der Waals surface area contributed by atoms with Crippen molar-refractivity contribution < 1.29 is 0 Å². The Labute approximate surface area is 113 Å². The number of nitrogens with zero attached hydrogens (tertiary/aromatic N) is 3. The molecule has 1 unspecified atom stereocenters. The molecule has 0 fully saturated rings. The highest BCUT2D eigenvalue weighted by Gasteiger charge is 2.18. The maximum Gasteiger partial charge on any atom is 0.179 e. The van der Waals surface area contributed by atoms with Crippen LogP contribution >= 0.6 is 12.2 Å². The van der Waals surface area contributed by atoms with Gasteiger partial charge in [0.05, 0.1) is 5.69 Å². The number of aromatic nitrogens is 4. The first-order valence-corrected chi connectivity index (χ1v) is 7.04. The number of aryl methyl sites for hydroxylation is 2. The third kappa shape index (κ3) is 2.11. The molecule has 100 valence electrons. The Hall–Kier alpha value is -1.10. The fraction of sp³-hybridized carbons (Fsp3) is 0.692. The third-order valence-corrected chi connectivity index (χ3v) is 3.63. The maximum atomic E-state index is 5.47. The van der Waals surface area contributed by atoms with Crippen LogP contribution in [0.25, 0.3) is 11.2 Å². The van der Waals surface area contributed by atoms with Gasteiger partial charge in [0.1, 0.15) is 5.52 Å². The molecule has 2 rings (SSSR count). The van der Waals surface area contributed by atoms with Gasteiger partial charge in [0, 0.05) is 12.6 Å². The van der Waals surface area contributed by atoms with Gasteiger partial charge in [-0.1, -0.05) is 13.8 Å². The number of H-pyrrole nitrogens is 1. The molecule has 18 heavy (non-hydrogen) atoms. The molecule has 1 atom stereocenters. The van der Waals surface area contributed by atoms with Crippen molar-refractivity contribution in [2.24, 2.45) is 5.92 Å². The highest BCUT2D eigenvalue weighted by molar-refractivity contribution is 7.71. The van der Waals surface area contributed by atoms with E-state index in [1.165, 1.54) is 0 Å². The number of hydrogen-bond acceptors (Lipinski definition) is 2. The van der Waals surface area contributed by atoms with Gasteiger partial charge >= 0.3 is 0 Å². The van der Waals surface area contributed by atoms with Crippen LogP contribution in [0.5, 0.6) is 0 Å². The normalized spacial score (nSPS) is 13.7. The molecule has 0 aliphatic rings. The molecule has 0 saturated carbocycles. The van der Waals surface area contributed by atoms with Crippen molar-refractivity contribution in [2.75, 3.05) is 0 Å². The van der Waals surface area contributed by atoms with Gasteiger partial charge in [0.15, 0.2) is 10.4 Å². The van der Waals surface area contributed by atoms with Crippen molar-refractivity contribution in [1.82, 2.24) is 19.3 Å². The predicted octanol–water partition coefficient (Wildman–Crippen LogP) is 3.83. The van der Waals surface area contributed by atoms with E-state index in [9.17, 15) is 0 Å². The summed E-state index contributed by atoms with van der Waals surface area (Å²) in [7, 11) is 0. The molecule has 2 aromatic heterocycles. The van der Waals surface area contributed by atoms with E-state index in [0.29, 0.717) is 12.0 Å². The highest BCUT2D eigenvalue weighted by atomic mass is 32.1. The topological polar surface area (TPSA) is 38.5 Å². The van der Waals surface area contributed by atoms with Crippen LogP contribution < -0.4 is 0 Å². The van der Waals surface area contributed by atoms with Crippen LogP contribution in [-0.2, 0) is 6.54 Å². The van der Waals surface area contributed by atoms with E-state index in [2.05, 4.69) is 42.3 Å². The number of aromatic amines is 1. The van der Waals surface area contributed by atoms with Crippen molar-refractivity contribution in [3.63, 3.8) is 0 Å².